The zero-order chi connectivity index (χ0) is 12.9. The van der Waals surface area contributed by atoms with Crippen molar-refractivity contribution < 1.29 is 0 Å². The lowest BCUT2D eigenvalue weighted by atomic mass is 10.1. The second-order valence-electron chi connectivity index (χ2n) is 4.96. The molecule has 1 nitrogen and oxygen atoms in total. The number of alkyl halides is 1. The third kappa shape index (κ3) is 8.90. The second kappa shape index (κ2) is 12.7. The number of halogens is 1. The first kappa shape index (κ1) is 17.2. The highest BCUT2D eigenvalue weighted by atomic mass is 35.5. The van der Waals surface area contributed by atoms with Gasteiger partial charge >= 0.3 is 0 Å². The van der Waals surface area contributed by atoms with Crippen molar-refractivity contribution in [1.82, 2.24) is 4.90 Å². The maximum atomic E-state index is 5.89. The molecule has 0 radical (unpaired) electrons. The van der Waals surface area contributed by atoms with E-state index in [2.05, 4.69) is 25.7 Å². The molecule has 0 saturated carbocycles. The fourth-order valence-electron chi connectivity index (χ4n) is 2.49. The van der Waals surface area contributed by atoms with Crippen LogP contribution >= 0.6 is 11.6 Å². The van der Waals surface area contributed by atoms with Gasteiger partial charge in [-0.3, -0.25) is 4.90 Å². The first-order valence-electron chi connectivity index (χ1n) is 7.60. The van der Waals surface area contributed by atoms with E-state index in [1.165, 1.54) is 57.9 Å². The highest BCUT2D eigenvalue weighted by Gasteiger charge is 2.13. The topological polar surface area (TPSA) is 3.24 Å². The molecule has 0 aromatic rings. The molecule has 0 heterocycles. The van der Waals surface area contributed by atoms with E-state index < -0.39 is 0 Å². The van der Waals surface area contributed by atoms with Crippen LogP contribution in [0.1, 0.15) is 72.1 Å². The quantitative estimate of drug-likeness (QED) is 0.350. The van der Waals surface area contributed by atoms with Crippen molar-refractivity contribution in [2.24, 2.45) is 0 Å². The average Bonchev–Trinajstić information content (AvgIpc) is 2.35. The maximum absolute atomic E-state index is 5.89. The van der Waals surface area contributed by atoms with E-state index in [1.54, 1.807) is 0 Å². The van der Waals surface area contributed by atoms with E-state index in [0.717, 1.165) is 18.5 Å². The van der Waals surface area contributed by atoms with Crippen LogP contribution in [0.15, 0.2) is 0 Å². The van der Waals surface area contributed by atoms with E-state index in [0.29, 0.717) is 0 Å². The second-order valence-corrected chi connectivity index (χ2v) is 5.34. The number of rotatable bonds is 12. The molecule has 0 bridgehead atoms. The van der Waals surface area contributed by atoms with Gasteiger partial charge in [0.15, 0.2) is 0 Å². The van der Waals surface area contributed by atoms with E-state index in [4.69, 9.17) is 11.6 Å². The molecule has 2 heteroatoms. The summed E-state index contributed by atoms with van der Waals surface area (Å²) in [6, 6.07) is 0.740. The van der Waals surface area contributed by atoms with Crippen molar-refractivity contribution in [3.05, 3.63) is 0 Å². The standard InChI is InChI=1S/C15H32ClN/c1-4-7-8-9-10-11-13-17(14-12-16)15(5-2)6-3/h15H,4-14H2,1-3H3. The zero-order valence-corrected chi connectivity index (χ0v) is 12.9. The van der Waals surface area contributed by atoms with E-state index in [-0.39, 0.29) is 0 Å². The minimum Gasteiger partial charge on any atom is -0.299 e. The lowest BCUT2D eigenvalue weighted by Crippen LogP contribution is -2.36. The van der Waals surface area contributed by atoms with Crippen LogP contribution in [-0.4, -0.2) is 29.9 Å². The molecule has 0 rings (SSSR count). The molecule has 0 aliphatic carbocycles. The van der Waals surface area contributed by atoms with Crippen LogP contribution in [0.2, 0.25) is 0 Å². The van der Waals surface area contributed by atoms with Crippen molar-refractivity contribution in [3.63, 3.8) is 0 Å². The van der Waals surface area contributed by atoms with Crippen molar-refractivity contribution in [2.75, 3.05) is 19.0 Å². The van der Waals surface area contributed by atoms with Crippen LogP contribution in [-0.2, 0) is 0 Å². The van der Waals surface area contributed by atoms with Gasteiger partial charge in [-0.05, 0) is 25.8 Å². The predicted molar refractivity (Wildman–Crippen MR) is 80.0 cm³/mol. The zero-order valence-electron chi connectivity index (χ0n) is 12.2. The Morgan fingerprint density at radius 1 is 0.824 bits per heavy atom. The molecule has 0 aromatic carbocycles. The Labute approximate surface area is 114 Å². The van der Waals surface area contributed by atoms with Gasteiger partial charge in [-0.2, -0.15) is 0 Å². The summed E-state index contributed by atoms with van der Waals surface area (Å²) in [6.45, 7) is 9.15. The summed E-state index contributed by atoms with van der Waals surface area (Å²) < 4.78 is 0. The summed E-state index contributed by atoms with van der Waals surface area (Å²) in [4.78, 5) is 2.59. The van der Waals surface area contributed by atoms with Crippen molar-refractivity contribution >= 4 is 11.6 Å². The van der Waals surface area contributed by atoms with Crippen LogP contribution in [0, 0.1) is 0 Å². The van der Waals surface area contributed by atoms with Crippen molar-refractivity contribution in [1.29, 1.82) is 0 Å². The van der Waals surface area contributed by atoms with Crippen LogP contribution in [0.25, 0.3) is 0 Å². The molecule has 0 fully saturated rings. The van der Waals surface area contributed by atoms with Gasteiger partial charge in [0.05, 0.1) is 0 Å². The summed E-state index contributed by atoms with van der Waals surface area (Å²) in [5.41, 5.74) is 0. The Balaban J connectivity index is 3.69. The van der Waals surface area contributed by atoms with Gasteiger partial charge in [0.2, 0.25) is 0 Å². The Morgan fingerprint density at radius 3 is 1.94 bits per heavy atom. The molecule has 0 aromatic heterocycles. The van der Waals surface area contributed by atoms with Crippen LogP contribution < -0.4 is 0 Å². The van der Waals surface area contributed by atoms with E-state index >= 15 is 0 Å². The summed E-state index contributed by atoms with van der Waals surface area (Å²) >= 11 is 5.89. The third-order valence-electron chi connectivity index (χ3n) is 3.63. The summed E-state index contributed by atoms with van der Waals surface area (Å²) in [5.74, 6) is 0.770. The molecule has 0 saturated heterocycles. The lowest BCUT2D eigenvalue weighted by molar-refractivity contribution is 0.192. The molecular weight excluding hydrogens is 230 g/mol. The van der Waals surface area contributed by atoms with Crippen LogP contribution in [0.4, 0.5) is 0 Å². The van der Waals surface area contributed by atoms with Crippen LogP contribution in [0.5, 0.6) is 0 Å². The molecule has 104 valence electrons. The molecule has 0 aliphatic heterocycles. The molecule has 0 atom stereocenters. The molecule has 17 heavy (non-hydrogen) atoms. The average molecular weight is 262 g/mol. The van der Waals surface area contributed by atoms with Gasteiger partial charge in [0.1, 0.15) is 0 Å². The monoisotopic (exact) mass is 261 g/mol. The first-order chi connectivity index (χ1) is 8.29. The van der Waals surface area contributed by atoms with E-state index in [9.17, 15) is 0 Å². The Morgan fingerprint density at radius 2 is 1.41 bits per heavy atom. The number of hydrogen-bond acceptors (Lipinski definition) is 1. The molecule has 0 unspecified atom stereocenters. The largest absolute Gasteiger partial charge is 0.299 e. The smallest absolute Gasteiger partial charge is 0.0351 e. The summed E-state index contributed by atoms with van der Waals surface area (Å²) in [7, 11) is 0. The number of unbranched alkanes of at least 4 members (excludes halogenated alkanes) is 5. The Bertz CT molecular complexity index is 146. The molecule has 0 aliphatic rings. The molecule has 0 N–H and O–H groups in total. The number of nitrogens with zero attached hydrogens (tertiary/aromatic N) is 1. The summed E-state index contributed by atoms with van der Waals surface area (Å²) in [6.07, 6.45) is 10.8. The predicted octanol–water partition coefficient (Wildman–Crippen LogP) is 5.08. The fraction of sp³-hybridized carbons (Fsp3) is 1.00. The van der Waals surface area contributed by atoms with Crippen molar-refractivity contribution in [2.45, 2.75) is 78.2 Å². The van der Waals surface area contributed by atoms with Gasteiger partial charge in [-0.15, -0.1) is 11.6 Å². The third-order valence-corrected chi connectivity index (χ3v) is 3.80. The highest BCUT2D eigenvalue weighted by molar-refractivity contribution is 6.18. The Hall–Kier alpha value is 0.250. The normalized spacial score (nSPS) is 11.6. The van der Waals surface area contributed by atoms with Crippen LogP contribution in [0.3, 0.4) is 0 Å². The highest BCUT2D eigenvalue weighted by Crippen LogP contribution is 2.12. The van der Waals surface area contributed by atoms with Gasteiger partial charge in [-0.1, -0.05) is 52.9 Å². The lowest BCUT2D eigenvalue weighted by Gasteiger charge is -2.29. The molecule has 0 spiro atoms. The van der Waals surface area contributed by atoms with Crippen molar-refractivity contribution in [3.8, 4) is 0 Å². The first-order valence-corrected chi connectivity index (χ1v) is 8.13. The SMILES string of the molecule is CCCCCCCCN(CCCl)C(CC)CC. The van der Waals surface area contributed by atoms with Gasteiger partial charge in [-0.25, -0.2) is 0 Å². The van der Waals surface area contributed by atoms with Gasteiger partial charge in [0, 0.05) is 18.5 Å². The minimum atomic E-state index is 0.740. The molecule has 0 amide bonds. The van der Waals surface area contributed by atoms with Gasteiger partial charge < -0.3 is 0 Å². The summed E-state index contributed by atoms with van der Waals surface area (Å²) in [5, 5.41) is 0. The maximum Gasteiger partial charge on any atom is 0.0351 e. The fourth-order valence-corrected chi connectivity index (χ4v) is 2.70. The van der Waals surface area contributed by atoms with Gasteiger partial charge in [0.25, 0.3) is 0 Å². The molecular formula is C15H32ClN. The Kier molecular flexibility index (Phi) is 12.9. The van der Waals surface area contributed by atoms with E-state index in [1.807, 2.05) is 0 Å². The number of hydrogen-bond donors (Lipinski definition) is 0. The minimum absolute atomic E-state index is 0.740.